The zero-order valence-electron chi connectivity index (χ0n) is 17.0. The maximum atomic E-state index is 13.2. The van der Waals surface area contributed by atoms with Crippen molar-refractivity contribution in [3.8, 4) is 11.3 Å². The van der Waals surface area contributed by atoms with Gasteiger partial charge in [0.1, 0.15) is 0 Å². The van der Waals surface area contributed by atoms with Gasteiger partial charge in [0.15, 0.2) is 10.8 Å². The Balaban J connectivity index is 1.46. The van der Waals surface area contributed by atoms with Crippen LogP contribution in [0.2, 0.25) is 0 Å². The maximum Gasteiger partial charge on any atom is 0.258 e. The van der Waals surface area contributed by atoms with E-state index < -0.39 is 0 Å². The third kappa shape index (κ3) is 3.50. The Morgan fingerprint density at radius 2 is 2.00 bits per heavy atom. The molecular formula is C22H21N5OS2. The van der Waals surface area contributed by atoms with Gasteiger partial charge in [0.2, 0.25) is 0 Å². The van der Waals surface area contributed by atoms with Crippen molar-refractivity contribution in [2.45, 2.75) is 30.6 Å². The minimum absolute atomic E-state index is 0.168. The highest BCUT2D eigenvalue weighted by atomic mass is 32.2. The fourth-order valence-corrected chi connectivity index (χ4v) is 4.74. The zero-order valence-corrected chi connectivity index (χ0v) is 18.6. The van der Waals surface area contributed by atoms with Crippen LogP contribution in [0.3, 0.4) is 0 Å². The van der Waals surface area contributed by atoms with E-state index >= 15 is 0 Å². The van der Waals surface area contributed by atoms with Crippen LogP contribution in [0.4, 0.5) is 5.13 Å². The third-order valence-electron chi connectivity index (χ3n) is 5.34. The van der Waals surface area contributed by atoms with E-state index in [1.807, 2.05) is 25.4 Å². The number of pyridine rings is 1. The molecule has 1 aromatic carbocycles. The fraction of sp³-hybridized carbons (Fsp3) is 0.273. The summed E-state index contributed by atoms with van der Waals surface area (Å²) in [4.78, 5) is 23.8. The molecule has 0 atom stereocenters. The Morgan fingerprint density at radius 3 is 2.70 bits per heavy atom. The first-order chi connectivity index (χ1) is 14.5. The first kappa shape index (κ1) is 19.3. The van der Waals surface area contributed by atoms with E-state index in [0.29, 0.717) is 16.6 Å². The van der Waals surface area contributed by atoms with Gasteiger partial charge in [-0.2, -0.15) is 5.10 Å². The molecular weight excluding hydrogens is 414 g/mol. The van der Waals surface area contributed by atoms with Crippen LogP contribution in [0, 0.1) is 6.92 Å². The number of carbonyl (C=O) groups is 1. The van der Waals surface area contributed by atoms with Gasteiger partial charge >= 0.3 is 0 Å². The summed E-state index contributed by atoms with van der Waals surface area (Å²) in [5.41, 5.74) is 5.06. The number of fused-ring (bicyclic) bond motifs is 1. The van der Waals surface area contributed by atoms with Gasteiger partial charge in [0, 0.05) is 34.5 Å². The number of amides is 1. The summed E-state index contributed by atoms with van der Waals surface area (Å²) in [6, 6.07) is 10.2. The second kappa shape index (κ2) is 7.52. The number of rotatable bonds is 5. The molecule has 1 amide bonds. The van der Waals surface area contributed by atoms with E-state index in [9.17, 15) is 4.79 Å². The van der Waals surface area contributed by atoms with Crippen LogP contribution in [-0.4, -0.2) is 31.9 Å². The van der Waals surface area contributed by atoms with Crippen LogP contribution in [0.25, 0.3) is 22.3 Å². The summed E-state index contributed by atoms with van der Waals surface area (Å²) in [7, 11) is 1.87. The van der Waals surface area contributed by atoms with E-state index in [1.165, 1.54) is 16.2 Å². The van der Waals surface area contributed by atoms with E-state index in [2.05, 4.69) is 45.9 Å². The van der Waals surface area contributed by atoms with Gasteiger partial charge in [-0.25, -0.2) is 9.97 Å². The number of benzene rings is 1. The lowest BCUT2D eigenvalue weighted by molar-refractivity contribution is 0.102. The number of carbonyl (C=O) groups excluding carboxylic acids is 1. The van der Waals surface area contributed by atoms with E-state index in [4.69, 9.17) is 4.98 Å². The summed E-state index contributed by atoms with van der Waals surface area (Å²) in [6.07, 6.45) is 4.31. The predicted molar refractivity (Wildman–Crippen MR) is 123 cm³/mol. The monoisotopic (exact) mass is 435 g/mol. The Labute approximate surface area is 182 Å². The van der Waals surface area contributed by atoms with Gasteiger partial charge in [-0.15, -0.1) is 23.1 Å². The standard InChI is InChI=1S/C22H21N5OS2/c1-12-19-16(10-17(13-4-5-13)23-20(19)27(2)26-12)21(28)25-22-24-18(11-30-22)14-6-8-15(29-3)9-7-14/h6-11,13H,4-5H2,1-3H3,(H,24,25,28). The highest BCUT2D eigenvalue weighted by Crippen LogP contribution is 2.40. The minimum Gasteiger partial charge on any atom is -0.298 e. The molecule has 3 heterocycles. The van der Waals surface area contributed by atoms with Crippen molar-refractivity contribution >= 4 is 45.2 Å². The molecule has 1 N–H and O–H groups in total. The van der Waals surface area contributed by atoms with Gasteiger partial charge in [-0.3, -0.25) is 14.8 Å². The van der Waals surface area contributed by atoms with E-state index in [1.54, 1.807) is 16.4 Å². The predicted octanol–water partition coefficient (Wildman–Crippen LogP) is 5.25. The number of hydrogen-bond donors (Lipinski definition) is 1. The zero-order chi connectivity index (χ0) is 20.8. The van der Waals surface area contributed by atoms with Crippen LogP contribution in [0.1, 0.15) is 40.5 Å². The lowest BCUT2D eigenvalue weighted by Gasteiger charge is -2.07. The van der Waals surface area contributed by atoms with E-state index in [0.717, 1.165) is 46.5 Å². The Kier molecular flexibility index (Phi) is 4.83. The second-order valence-electron chi connectivity index (χ2n) is 7.50. The third-order valence-corrected chi connectivity index (χ3v) is 6.84. The number of nitrogens with zero attached hydrogens (tertiary/aromatic N) is 4. The quantitative estimate of drug-likeness (QED) is 0.433. The maximum absolute atomic E-state index is 13.2. The topological polar surface area (TPSA) is 72.7 Å². The number of thioether (sulfide) groups is 1. The molecule has 1 aliphatic carbocycles. The summed E-state index contributed by atoms with van der Waals surface area (Å²) in [5.74, 6) is 0.283. The average Bonchev–Trinajstić information content (AvgIpc) is 3.44. The first-order valence-corrected chi connectivity index (χ1v) is 11.9. The number of anilines is 1. The average molecular weight is 436 g/mol. The molecule has 3 aromatic heterocycles. The highest BCUT2D eigenvalue weighted by molar-refractivity contribution is 7.98. The molecule has 5 rings (SSSR count). The molecule has 0 radical (unpaired) electrons. The molecule has 1 fully saturated rings. The van der Waals surface area contributed by atoms with Gasteiger partial charge < -0.3 is 0 Å². The molecule has 0 bridgehead atoms. The van der Waals surface area contributed by atoms with Crippen molar-refractivity contribution in [3.05, 3.63) is 52.7 Å². The van der Waals surface area contributed by atoms with Gasteiger partial charge in [-0.1, -0.05) is 12.1 Å². The van der Waals surface area contributed by atoms with Crippen LogP contribution >= 0.6 is 23.1 Å². The molecule has 0 aliphatic heterocycles. The lowest BCUT2D eigenvalue weighted by Crippen LogP contribution is -2.13. The molecule has 0 unspecified atom stereocenters. The lowest BCUT2D eigenvalue weighted by atomic mass is 10.1. The minimum atomic E-state index is -0.168. The molecule has 4 aromatic rings. The van der Waals surface area contributed by atoms with Crippen molar-refractivity contribution in [3.63, 3.8) is 0 Å². The fourth-order valence-electron chi connectivity index (χ4n) is 3.62. The SMILES string of the molecule is CSc1ccc(-c2csc(NC(=O)c3cc(C4CC4)nc4c3c(C)nn4C)n2)cc1. The molecule has 152 valence electrons. The molecule has 30 heavy (non-hydrogen) atoms. The van der Waals surface area contributed by atoms with Crippen LogP contribution < -0.4 is 5.32 Å². The normalized spacial score (nSPS) is 13.7. The molecule has 8 heteroatoms. The number of nitrogens with one attached hydrogen (secondary N) is 1. The number of aromatic nitrogens is 4. The van der Waals surface area contributed by atoms with Gasteiger partial charge in [-0.05, 0) is 44.2 Å². The van der Waals surface area contributed by atoms with Gasteiger partial charge in [0.05, 0.1) is 22.3 Å². The van der Waals surface area contributed by atoms with Crippen molar-refractivity contribution in [1.29, 1.82) is 0 Å². The summed E-state index contributed by atoms with van der Waals surface area (Å²) in [6.45, 7) is 1.91. The van der Waals surface area contributed by atoms with Crippen LogP contribution in [0.5, 0.6) is 0 Å². The molecule has 0 spiro atoms. The summed E-state index contributed by atoms with van der Waals surface area (Å²) >= 11 is 3.14. The molecule has 1 aliphatic rings. The Hall–Kier alpha value is -2.71. The number of aryl methyl sites for hydroxylation is 2. The highest BCUT2D eigenvalue weighted by Gasteiger charge is 2.28. The number of hydrogen-bond acceptors (Lipinski definition) is 6. The number of thiazole rings is 1. The smallest absolute Gasteiger partial charge is 0.258 e. The van der Waals surface area contributed by atoms with Crippen molar-refractivity contribution in [1.82, 2.24) is 19.7 Å². The molecule has 0 saturated heterocycles. The van der Waals surface area contributed by atoms with Crippen LogP contribution in [0.15, 0.2) is 40.6 Å². The Morgan fingerprint density at radius 1 is 1.23 bits per heavy atom. The molecule has 1 saturated carbocycles. The van der Waals surface area contributed by atoms with E-state index in [-0.39, 0.29) is 5.91 Å². The van der Waals surface area contributed by atoms with Crippen molar-refractivity contribution in [2.24, 2.45) is 7.05 Å². The van der Waals surface area contributed by atoms with Gasteiger partial charge in [0.25, 0.3) is 5.91 Å². The van der Waals surface area contributed by atoms with Crippen molar-refractivity contribution in [2.75, 3.05) is 11.6 Å². The first-order valence-electron chi connectivity index (χ1n) is 9.79. The molecule has 6 nitrogen and oxygen atoms in total. The summed E-state index contributed by atoms with van der Waals surface area (Å²) < 4.78 is 1.76. The second-order valence-corrected chi connectivity index (χ2v) is 9.23. The van der Waals surface area contributed by atoms with Crippen molar-refractivity contribution < 1.29 is 4.79 Å². The van der Waals surface area contributed by atoms with Crippen LogP contribution in [-0.2, 0) is 7.05 Å². The summed E-state index contributed by atoms with van der Waals surface area (Å²) in [5, 5.41) is 10.8. The largest absolute Gasteiger partial charge is 0.298 e. The Bertz CT molecular complexity index is 1250.